The zero-order valence-electron chi connectivity index (χ0n) is 13.6. The SMILES string of the molecule is CC(N)C[C@H](NC(=O)OC(C)(C)C)C(=O)OC(C)(C)C. The number of alkyl carbamates (subject to hydrolysis) is 1. The second-order valence-corrected chi connectivity index (χ2v) is 6.95. The third-order valence-electron chi connectivity index (χ3n) is 1.99. The molecule has 118 valence electrons. The molecule has 0 rings (SSSR count). The van der Waals surface area contributed by atoms with Gasteiger partial charge >= 0.3 is 12.1 Å². The Kier molecular flexibility index (Phi) is 6.47. The van der Waals surface area contributed by atoms with Gasteiger partial charge in [-0.25, -0.2) is 9.59 Å². The zero-order chi connectivity index (χ0) is 16.1. The molecule has 0 spiro atoms. The maximum absolute atomic E-state index is 12.0. The topological polar surface area (TPSA) is 90.6 Å². The van der Waals surface area contributed by atoms with Crippen molar-refractivity contribution in [2.24, 2.45) is 5.73 Å². The quantitative estimate of drug-likeness (QED) is 0.772. The van der Waals surface area contributed by atoms with Gasteiger partial charge in [0, 0.05) is 6.04 Å². The normalized spacial score (nSPS) is 15.2. The molecule has 0 bridgehead atoms. The van der Waals surface area contributed by atoms with Gasteiger partial charge in [0.05, 0.1) is 0 Å². The van der Waals surface area contributed by atoms with E-state index in [2.05, 4.69) is 5.32 Å². The van der Waals surface area contributed by atoms with E-state index in [-0.39, 0.29) is 12.5 Å². The number of hydrogen-bond acceptors (Lipinski definition) is 5. The van der Waals surface area contributed by atoms with Gasteiger partial charge in [0.15, 0.2) is 0 Å². The van der Waals surface area contributed by atoms with Crippen molar-refractivity contribution in [3.8, 4) is 0 Å². The van der Waals surface area contributed by atoms with Crippen LogP contribution in [0, 0.1) is 0 Å². The summed E-state index contributed by atoms with van der Waals surface area (Å²) >= 11 is 0. The highest BCUT2D eigenvalue weighted by atomic mass is 16.6. The minimum atomic E-state index is -0.816. The highest BCUT2D eigenvalue weighted by molar-refractivity contribution is 5.81. The molecule has 0 heterocycles. The molecule has 20 heavy (non-hydrogen) atoms. The lowest BCUT2D eigenvalue weighted by Crippen LogP contribution is -2.48. The molecular formula is C14H28N2O4. The molecule has 0 fully saturated rings. The zero-order valence-corrected chi connectivity index (χ0v) is 13.6. The molecule has 0 radical (unpaired) electrons. The summed E-state index contributed by atoms with van der Waals surface area (Å²) in [6.45, 7) is 12.3. The lowest BCUT2D eigenvalue weighted by Gasteiger charge is -2.26. The first kappa shape index (κ1) is 18.7. The first-order chi connectivity index (χ1) is 8.80. The van der Waals surface area contributed by atoms with Crippen molar-refractivity contribution in [1.82, 2.24) is 5.32 Å². The molecule has 0 aromatic heterocycles. The Bertz CT molecular complexity index is 340. The van der Waals surface area contributed by atoms with Crippen LogP contribution in [0.4, 0.5) is 4.79 Å². The minimum absolute atomic E-state index is 0.248. The van der Waals surface area contributed by atoms with E-state index in [1.54, 1.807) is 48.5 Å². The summed E-state index contributed by atoms with van der Waals surface area (Å²) in [6.07, 6.45) is -0.372. The summed E-state index contributed by atoms with van der Waals surface area (Å²) in [5, 5.41) is 2.51. The van der Waals surface area contributed by atoms with E-state index < -0.39 is 29.3 Å². The Labute approximate surface area is 121 Å². The van der Waals surface area contributed by atoms with Crippen molar-refractivity contribution in [3.63, 3.8) is 0 Å². The number of hydrogen-bond donors (Lipinski definition) is 2. The van der Waals surface area contributed by atoms with Gasteiger partial charge in [0.1, 0.15) is 17.2 Å². The molecule has 0 aliphatic rings. The van der Waals surface area contributed by atoms with Gasteiger partial charge < -0.3 is 20.5 Å². The van der Waals surface area contributed by atoms with Crippen LogP contribution >= 0.6 is 0 Å². The van der Waals surface area contributed by atoms with Gasteiger partial charge in [-0.3, -0.25) is 0 Å². The van der Waals surface area contributed by atoms with Crippen LogP contribution in [0.3, 0.4) is 0 Å². The van der Waals surface area contributed by atoms with Gasteiger partial charge in [-0.15, -0.1) is 0 Å². The molecule has 0 saturated heterocycles. The average molecular weight is 288 g/mol. The summed E-state index contributed by atoms with van der Waals surface area (Å²) in [6, 6.07) is -1.06. The minimum Gasteiger partial charge on any atom is -0.458 e. The number of nitrogens with two attached hydrogens (primary N) is 1. The lowest BCUT2D eigenvalue weighted by atomic mass is 10.1. The summed E-state index contributed by atoms with van der Waals surface area (Å²) in [4.78, 5) is 23.8. The maximum atomic E-state index is 12.0. The summed E-state index contributed by atoms with van der Waals surface area (Å²) < 4.78 is 10.4. The van der Waals surface area contributed by atoms with Crippen LogP contribution < -0.4 is 11.1 Å². The molecule has 0 saturated carbocycles. The molecular weight excluding hydrogens is 260 g/mol. The Balaban J connectivity index is 4.73. The summed E-state index contributed by atoms with van der Waals surface area (Å²) in [5.74, 6) is -0.513. The number of carbonyl (C=O) groups excluding carboxylic acids is 2. The van der Waals surface area contributed by atoms with E-state index in [4.69, 9.17) is 15.2 Å². The van der Waals surface area contributed by atoms with Gasteiger partial charge in [0.25, 0.3) is 0 Å². The second-order valence-electron chi connectivity index (χ2n) is 6.95. The molecule has 1 unspecified atom stereocenters. The van der Waals surface area contributed by atoms with Crippen molar-refractivity contribution >= 4 is 12.1 Å². The Morgan fingerprint density at radius 1 is 1.05 bits per heavy atom. The van der Waals surface area contributed by atoms with Crippen molar-refractivity contribution in [2.75, 3.05) is 0 Å². The molecule has 0 aromatic carbocycles. The van der Waals surface area contributed by atoms with Crippen molar-refractivity contribution < 1.29 is 19.1 Å². The fraction of sp³-hybridized carbons (Fsp3) is 0.857. The Morgan fingerprint density at radius 3 is 1.85 bits per heavy atom. The molecule has 0 aromatic rings. The average Bonchev–Trinajstić information content (AvgIpc) is 2.09. The van der Waals surface area contributed by atoms with Crippen molar-refractivity contribution in [1.29, 1.82) is 0 Å². The van der Waals surface area contributed by atoms with Crippen LogP contribution in [0.1, 0.15) is 54.9 Å². The first-order valence-electron chi connectivity index (χ1n) is 6.78. The Morgan fingerprint density at radius 2 is 1.50 bits per heavy atom. The fourth-order valence-electron chi connectivity index (χ4n) is 1.41. The van der Waals surface area contributed by atoms with Crippen LogP contribution in [0.2, 0.25) is 0 Å². The lowest BCUT2D eigenvalue weighted by molar-refractivity contribution is -0.157. The summed E-state index contributed by atoms with van der Waals surface area (Å²) in [7, 11) is 0. The molecule has 6 nitrogen and oxygen atoms in total. The van der Waals surface area contributed by atoms with Crippen molar-refractivity contribution in [3.05, 3.63) is 0 Å². The fourth-order valence-corrected chi connectivity index (χ4v) is 1.41. The third kappa shape index (κ3) is 9.61. The van der Waals surface area contributed by atoms with Gasteiger partial charge in [-0.1, -0.05) is 0 Å². The molecule has 6 heteroatoms. The molecule has 0 aliphatic heterocycles. The first-order valence-corrected chi connectivity index (χ1v) is 6.78. The number of esters is 1. The highest BCUT2D eigenvalue weighted by Gasteiger charge is 2.29. The molecule has 2 atom stereocenters. The number of ether oxygens (including phenoxy) is 2. The second kappa shape index (κ2) is 6.92. The van der Waals surface area contributed by atoms with Crippen LogP contribution in [0.15, 0.2) is 0 Å². The van der Waals surface area contributed by atoms with Gasteiger partial charge in [-0.2, -0.15) is 0 Å². The molecule has 3 N–H and O–H groups in total. The molecule has 1 amide bonds. The number of rotatable bonds is 4. The monoisotopic (exact) mass is 288 g/mol. The number of amides is 1. The van der Waals surface area contributed by atoms with E-state index in [0.717, 1.165) is 0 Å². The van der Waals surface area contributed by atoms with E-state index >= 15 is 0 Å². The standard InChI is InChI=1S/C14H28N2O4/c1-9(15)8-10(11(17)19-13(2,3)4)16-12(18)20-14(5,6)7/h9-10H,8,15H2,1-7H3,(H,16,18)/t9?,10-/m0/s1. The van der Waals surface area contributed by atoms with Crippen LogP contribution in [-0.2, 0) is 14.3 Å². The smallest absolute Gasteiger partial charge is 0.408 e. The predicted octanol–water partition coefficient (Wildman–Crippen LogP) is 1.96. The van der Waals surface area contributed by atoms with Crippen LogP contribution in [-0.4, -0.2) is 35.3 Å². The molecule has 0 aliphatic carbocycles. The Hall–Kier alpha value is -1.30. The van der Waals surface area contributed by atoms with Crippen molar-refractivity contribution in [2.45, 2.75) is 78.2 Å². The summed E-state index contributed by atoms with van der Waals surface area (Å²) in [5.41, 5.74) is 4.45. The third-order valence-corrected chi connectivity index (χ3v) is 1.99. The number of carbonyl (C=O) groups is 2. The van der Waals surface area contributed by atoms with E-state index in [1.165, 1.54) is 0 Å². The highest BCUT2D eigenvalue weighted by Crippen LogP contribution is 2.12. The largest absolute Gasteiger partial charge is 0.458 e. The van der Waals surface area contributed by atoms with E-state index in [0.29, 0.717) is 0 Å². The predicted molar refractivity (Wildman–Crippen MR) is 77.3 cm³/mol. The van der Waals surface area contributed by atoms with E-state index in [1.807, 2.05) is 0 Å². The maximum Gasteiger partial charge on any atom is 0.408 e. The van der Waals surface area contributed by atoms with Crippen LogP contribution in [0.25, 0.3) is 0 Å². The van der Waals surface area contributed by atoms with E-state index in [9.17, 15) is 9.59 Å². The van der Waals surface area contributed by atoms with Gasteiger partial charge in [-0.05, 0) is 54.9 Å². The van der Waals surface area contributed by atoms with Crippen LogP contribution in [0.5, 0.6) is 0 Å². The number of nitrogens with one attached hydrogen (secondary N) is 1. The van der Waals surface area contributed by atoms with Gasteiger partial charge in [0.2, 0.25) is 0 Å².